The zero-order valence-electron chi connectivity index (χ0n) is 25.8. The number of nitrogens with zero attached hydrogens (tertiary/aromatic N) is 2. The number of rotatable bonds is 8. The summed E-state index contributed by atoms with van der Waals surface area (Å²) in [5, 5.41) is 18.9. The molecule has 0 radical (unpaired) electrons. The minimum atomic E-state index is -0.886. The number of carboxylic acid groups (broad SMARTS) is 2. The van der Waals surface area contributed by atoms with Gasteiger partial charge >= 0.3 is 11.9 Å². The van der Waals surface area contributed by atoms with Crippen LogP contribution in [-0.4, -0.2) is 42.1 Å². The van der Waals surface area contributed by atoms with Crippen LogP contribution in [0, 0.1) is 13.8 Å². The molecular formula is C34H38N4O4S2. The van der Waals surface area contributed by atoms with Crippen molar-refractivity contribution >= 4 is 81.6 Å². The molecule has 0 saturated heterocycles. The van der Waals surface area contributed by atoms with Gasteiger partial charge in [0.05, 0.1) is 22.8 Å². The van der Waals surface area contributed by atoms with Crippen molar-refractivity contribution in [1.82, 2.24) is 19.9 Å². The SMILES string of the molecule is CC1=C(CCC(=O)O)c2cc3nc(cc4[nH]c(cc5[nH]c(cc1n2)c(C)c5[C@@H](C)S)c(C)c4[C@H](C)S)C(C)=C3CCC(=O)O. The van der Waals surface area contributed by atoms with E-state index in [4.69, 9.17) is 35.2 Å². The van der Waals surface area contributed by atoms with Gasteiger partial charge in [-0.3, -0.25) is 9.59 Å². The number of nitrogens with one attached hydrogen (secondary N) is 2. The third kappa shape index (κ3) is 5.97. The monoisotopic (exact) mass is 630 g/mol. The van der Waals surface area contributed by atoms with Crippen LogP contribution >= 0.6 is 25.3 Å². The fourth-order valence-electron chi connectivity index (χ4n) is 6.32. The predicted molar refractivity (Wildman–Crippen MR) is 184 cm³/mol. The lowest BCUT2D eigenvalue weighted by Gasteiger charge is -2.05. The maximum Gasteiger partial charge on any atom is 0.303 e. The Hall–Kier alpha value is -3.76. The molecule has 230 valence electrons. The van der Waals surface area contributed by atoms with E-state index in [1.54, 1.807) is 0 Å². The van der Waals surface area contributed by atoms with E-state index in [2.05, 4.69) is 36.8 Å². The molecule has 10 heteroatoms. The van der Waals surface area contributed by atoms with Gasteiger partial charge in [-0.25, -0.2) is 9.97 Å². The summed E-state index contributed by atoms with van der Waals surface area (Å²) in [6, 6.07) is 8.02. The molecule has 5 heterocycles. The van der Waals surface area contributed by atoms with Crippen LogP contribution in [0.2, 0.25) is 0 Å². The summed E-state index contributed by atoms with van der Waals surface area (Å²) in [6.07, 6.45) is 0.549. The van der Waals surface area contributed by atoms with Crippen LogP contribution in [-0.2, 0) is 9.59 Å². The van der Waals surface area contributed by atoms with Gasteiger partial charge in [0.25, 0.3) is 0 Å². The van der Waals surface area contributed by atoms with Gasteiger partial charge in [0, 0.05) is 45.4 Å². The number of fused-ring (bicyclic) bond motifs is 8. The van der Waals surface area contributed by atoms with Crippen LogP contribution in [0.3, 0.4) is 0 Å². The quantitative estimate of drug-likeness (QED) is 0.138. The summed E-state index contributed by atoms with van der Waals surface area (Å²) in [5.41, 5.74) is 14.2. The Kier molecular flexibility index (Phi) is 8.87. The normalized spacial score (nSPS) is 14.7. The van der Waals surface area contributed by atoms with Gasteiger partial charge in [-0.15, -0.1) is 0 Å². The maximum absolute atomic E-state index is 11.6. The van der Waals surface area contributed by atoms with Crippen LogP contribution in [0.1, 0.15) is 109 Å². The average molecular weight is 631 g/mol. The molecule has 2 aliphatic heterocycles. The Balaban J connectivity index is 1.95. The van der Waals surface area contributed by atoms with Crippen molar-refractivity contribution in [2.24, 2.45) is 0 Å². The number of allylic oxidation sites excluding steroid dienone is 4. The number of H-pyrrole nitrogens is 2. The topological polar surface area (TPSA) is 132 Å². The predicted octanol–water partition coefficient (Wildman–Crippen LogP) is 8.50. The summed E-state index contributed by atoms with van der Waals surface area (Å²) in [6.45, 7) is 12.2. The first-order valence-corrected chi connectivity index (χ1v) is 15.8. The number of aromatic amines is 2. The largest absolute Gasteiger partial charge is 0.481 e. The molecule has 4 N–H and O–H groups in total. The van der Waals surface area contributed by atoms with Crippen molar-refractivity contribution in [1.29, 1.82) is 0 Å². The second kappa shape index (κ2) is 12.3. The molecule has 0 fully saturated rings. The number of carboxylic acids is 2. The molecule has 8 nitrogen and oxygen atoms in total. The molecular weight excluding hydrogens is 593 g/mol. The summed E-state index contributed by atoms with van der Waals surface area (Å²) in [5.74, 6) is -1.77. The molecule has 0 aliphatic carbocycles. The molecule has 0 aromatic carbocycles. The van der Waals surface area contributed by atoms with Crippen LogP contribution in [0.25, 0.3) is 44.4 Å². The first-order chi connectivity index (χ1) is 20.8. The number of aromatic nitrogens is 4. The molecule has 2 aliphatic rings. The van der Waals surface area contributed by atoms with Crippen molar-refractivity contribution in [3.05, 3.63) is 69.3 Å². The summed E-state index contributed by atoms with van der Waals surface area (Å²) in [4.78, 5) is 40.4. The standard InChI is InChI=1S/C34H38N4O4S2/c1-15-21(7-9-31(39)40)27-14-28-22(8-10-32(41)42)16(2)24(36-28)12-29-34(20(6)44)18(4)26(38-29)13-30-33(19(5)43)17(3)25(37-30)11-23(15)35-27/h11-14,19-20,37-38,43-44H,7-10H2,1-6H3,(H,39,40)(H,41,42)/t19-,20+/m1/s1. The van der Waals surface area contributed by atoms with Gasteiger partial charge in [-0.05, 0) is 123 Å². The zero-order chi connectivity index (χ0) is 32.0. The van der Waals surface area contributed by atoms with E-state index in [1.165, 1.54) is 0 Å². The van der Waals surface area contributed by atoms with E-state index >= 15 is 0 Å². The molecule has 8 bridgehead atoms. The van der Waals surface area contributed by atoms with Crippen LogP contribution in [0.15, 0.2) is 24.3 Å². The molecule has 0 unspecified atom stereocenters. The summed E-state index contributed by atoms with van der Waals surface area (Å²) in [7, 11) is 0. The highest BCUT2D eigenvalue weighted by Gasteiger charge is 2.23. The number of carbonyl (C=O) groups is 2. The number of hydrogen-bond donors (Lipinski definition) is 6. The van der Waals surface area contributed by atoms with Crippen LogP contribution < -0.4 is 0 Å². The van der Waals surface area contributed by atoms with Crippen molar-refractivity contribution in [3.63, 3.8) is 0 Å². The average Bonchev–Trinajstić information content (AvgIpc) is 3.59. The molecule has 3 aromatic heterocycles. The molecule has 0 spiro atoms. The highest BCUT2D eigenvalue weighted by Crippen LogP contribution is 2.39. The van der Waals surface area contributed by atoms with Crippen LogP contribution in [0.5, 0.6) is 0 Å². The van der Waals surface area contributed by atoms with E-state index in [0.29, 0.717) is 24.2 Å². The van der Waals surface area contributed by atoms with Crippen molar-refractivity contribution in [3.8, 4) is 0 Å². The van der Waals surface area contributed by atoms with E-state index in [1.807, 2.05) is 39.0 Å². The summed E-state index contributed by atoms with van der Waals surface area (Å²) < 4.78 is 0. The lowest BCUT2D eigenvalue weighted by atomic mass is 9.98. The fraction of sp³-hybridized carbons (Fsp3) is 0.353. The first-order valence-electron chi connectivity index (χ1n) is 14.7. The van der Waals surface area contributed by atoms with Gasteiger partial charge in [-0.1, -0.05) is 0 Å². The smallest absolute Gasteiger partial charge is 0.303 e. The van der Waals surface area contributed by atoms with Crippen molar-refractivity contribution in [2.75, 3.05) is 0 Å². The minimum Gasteiger partial charge on any atom is -0.481 e. The molecule has 0 amide bonds. The Morgan fingerprint density at radius 2 is 1.05 bits per heavy atom. The lowest BCUT2D eigenvalue weighted by Crippen LogP contribution is -1.97. The summed E-state index contributed by atoms with van der Waals surface area (Å²) >= 11 is 9.64. The number of hydrogen-bond acceptors (Lipinski definition) is 6. The Morgan fingerprint density at radius 3 is 1.45 bits per heavy atom. The van der Waals surface area contributed by atoms with Gasteiger partial charge in [-0.2, -0.15) is 25.3 Å². The van der Waals surface area contributed by atoms with Gasteiger partial charge in [0.15, 0.2) is 0 Å². The second-order valence-electron chi connectivity index (χ2n) is 11.7. The van der Waals surface area contributed by atoms with E-state index in [9.17, 15) is 19.8 Å². The van der Waals surface area contributed by atoms with Crippen molar-refractivity contribution in [2.45, 2.75) is 77.7 Å². The van der Waals surface area contributed by atoms with Gasteiger partial charge in [0.2, 0.25) is 0 Å². The van der Waals surface area contributed by atoms with E-state index in [0.717, 1.165) is 78.0 Å². The maximum atomic E-state index is 11.6. The number of thiol groups is 2. The number of aliphatic carboxylic acids is 2. The molecule has 2 atom stereocenters. The first kappa shape index (κ1) is 31.7. The molecule has 5 rings (SSSR count). The molecule has 44 heavy (non-hydrogen) atoms. The van der Waals surface area contributed by atoms with Gasteiger partial charge in [0.1, 0.15) is 0 Å². The highest BCUT2D eigenvalue weighted by atomic mass is 32.1. The van der Waals surface area contributed by atoms with Crippen LogP contribution in [0.4, 0.5) is 0 Å². The van der Waals surface area contributed by atoms with E-state index in [-0.39, 0.29) is 23.3 Å². The van der Waals surface area contributed by atoms with Crippen molar-refractivity contribution < 1.29 is 19.8 Å². The zero-order valence-corrected chi connectivity index (χ0v) is 27.6. The van der Waals surface area contributed by atoms with E-state index < -0.39 is 11.9 Å². The molecule has 0 saturated carbocycles. The second-order valence-corrected chi connectivity index (χ2v) is 13.2. The Bertz CT molecular complexity index is 1930. The van der Waals surface area contributed by atoms with Gasteiger partial charge < -0.3 is 20.2 Å². The Labute approximate surface area is 267 Å². The minimum absolute atomic E-state index is 0.0338. The molecule has 3 aromatic rings. The highest BCUT2D eigenvalue weighted by molar-refractivity contribution is 7.80. The lowest BCUT2D eigenvalue weighted by molar-refractivity contribution is -0.137. The Morgan fingerprint density at radius 1 is 0.659 bits per heavy atom. The third-order valence-electron chi connectivity index (χ3n) is 8.65. The number of aryl methyl sites for hydroxylation is 2. The fourth-order valence-corrected chi connectivity index (χ4v) is 6.98. The third-order valence-corrected chi connectivity index (χ3v) is 9.16.